The number of para-hydroxylation sites is 1. The second-order valence-electron chi connectivity index (χ2n) is 6.63. The maximum atomic E-state index is 14.3. The first-order chi connectivity index (χ1) is 15.2. The van der Waals surface area contributed by atoms with Crippen molar-refractivity contribution in [3.63, 3.8) is 0 Å². The average Bonchev–Trinajstić information content (AvgIpc) is 2.74. The molecule has 1 saturated heterocycles. The van der Waals surface area contributed by atoms with Crippen LogP contribution in [0.1, 0.15) is 19.4 Å². The molecule has 166 valence electrons. The highest BCUT2D eigenvalue weighted by Gasteiger charge is 2.35. The minimum atomic E-state index is -1.40. The van der Waals surface area contributed by atoms with Gasteiger partial charge in [-0.05, 0) is 62.0 Å². The minimum absolute atomic E-state index is 0.0941. The third-order valence-corrected chi connectivity index (χ3v) is 4.69. The largest absolute Gasteiger partial charge is 0.546 e. The molecule has 3 rings (SSSR count). The molecule has 0 aliphatic carbocycles. The van der Waals surface area contributed by atoms with Crippen molar-refractivity contribution in [1.29, 1.82) is 0 Å². The summed E-state index contributed by atoms with van der Waals surface area (Å²) in [6.45, 7) is 3.29. The van der Waals surface area contributed by atoms with Crippen LogP contribution in [0.15, 0.2) is 48.0 Å². The van der Waals surface area contributed by atoms with Gasteiger partial charge in [-0.25, -0.2) is 9.29 Å². The molecule has 0 saturated carbocycles. The highest BCUT2D eigenvalue weighted by Crippen LogP contribution is 2.31. The maximum Gasteiger partial charge on any atom is 0.270 e. The van der Waals surface area contributed by atoms with Crippen LogP contribution >= 0.6 is 12.2 Å². The fourth-order valence-corrected chi connectivity index (χ4v) is 3.17. The number of hydrogen-bond acceptors (Lipinski definition) is 7. The molecule has 0 aromatic heterocycles. The van der Waals surface area contributed by atoms with E-state index in [1.807, 2.05) is 0 Å². The number of aliphatic carboxylic acids is 1. The number of nitrogens with zero attached hydrogens (tertiary/aromatic N) is 1. The van der Waals surface area contributed by atoms with E-state index < -0.39 is 29.7 Å². The van der Waals surface area contributed by atoms with Gasteiger partial charge in [0.1, 0.15) is 17.5 Å². The molecule has 0 unspecified atom stereocenters. The molecular weight excluding hydrogens is 439 g/mol. The van der Waals surface area contributed by atoms with E-state index in [0.29, 0.717) is 5.56 Å². The number of halogens is 1. The normalized spacial score (nSPS) is 16.0. The van der Waals surface area contributed by atoms with Crippen molar-refractivity contribution in [3.8, 4) is 11.5 Å². The van der Waals surface area contributed by atoms with E-state index in [2.05, 4.69) is 5.32 Å². The standard InChI is InChI=1S/C22H19FN2O6S/c1-3-30-18-11-13(8-9-17(18)31-12(2)21(28)29)10-14-19(26)24-22(32)25(20(14)27)16-7-5-4-6-15(16)23/h4-12H,3H2,1-2H3,(H,28,29)(H,24,26,32)/p-1/b14-10+/t12-/m0/s1. The number of carbonyl (C=O) groups excluding carboxylic acids is 3. The van der Waals surface area contributed by atoms with Crippen LogP contribution in [0.3, 0.4) is 0 Å². The lowest BCUT2D eigenvalue weighted by atomic mass is 10.1. The number of carboxylic acid groups (broad SMARTS) is 1. The van der Waals surface area contributed by atoms with Crippen molar-refractivity contribution in [1.82, 2.24) is 5.32 Å². The highest BCUT2D eigenvalue weighted by atomic mass is 32.1. The second kappa shape index (κ2) is 9.56. The molecule has 0 spiro atoms. The summed E-state index contributed by atoms with van der Waals surface area (Å²) in [5.41, 5.74) is 0.0196. The van der Waals surface area contributed by atoms with Gasteiger partial charge in [0.2, 0.25) is 0 Å². The number of benzene rings is 2. The van der Waals surface area contributed by atoms with Crippen LogP contribution in [0.4, 0.5) is 10.1 Å². The Morgan fingerprint density at radius 2 is 1.97 bits per heavy atom. The average molecular weight is 457 g/mol. The first kappa shape index (κ1) is 22.9. The van der Waals surface area contributed by atoms with E-state index >= 15 is 0 Å². The molecule has 2 aromatic rings. The summed E-state index contributed by atoms with van der Waals surface area (Å²) in [5.74, 6) is -3.25. The Labute approximate surface area is 188 Å². The zero-order chi connectivity index (χ0) is 23.4. The number of thiocarbonyl (C=S) groups is 1. The first-order valence-corrected chi connectivity index (χ1v) is 9.94. The van der Waals surface area contributed by atoms with Gasteiger partial charge in [0.05, 0.1) is 18.3 Å². The first-order valence-electron chi connectivity index (χ1n) is 9.53. The molecule has 1 aliphatic heterocycles. The summed E-state index contributed by atoms with van der Waals surface area (Å²) in [7, 11) is 0. The van der Waals surface area contributed by atoms with Crippen molar-refractivity contribution in [2.75, 3.05) is 11.5 Å². The molecule has 0 radical (unpaired) electrons. The molecule has 1 atom stereocenters. The number of carbonyl (C=O) groups is 3. The Bertz CT molecular complexity index is 1130. The molecule has 1 aliphatic rings. The van der Waals surface area contributed by atoms with Gasteiger partial charge in [-0.2, -0.15) is 0 Å². The van der Waals surface area contributed by atoms with Crippen LogP contribution in [0.5, 0.6) is 11.5 Å². The Hall–Kier alpha value is -3.79. The van der Waals surface area contributed by atoms with E-state index in [9.17, 15) is 23.9 Å². The topological polar surface area (TPSA) is 108 Å². The highest BCUT2D eigenvalue weighted by molar-refractivity contribution is 7.80. The smallest absolute Gasteiger partial charge is 0.270 e. The van der Waals surface area contributed by atoms with Crippen molar-refractivity contribution in [3.05, 3.63) is 59.4 Å². The molecular formula is C22H18FN2O6S-. The maximum absolute atomic E-state index is 14.3. The van der Waals surface area contributed by atoms with Gasteiger partial charge in [0.25, 0.3) is 11.8 Å². The lowest BCUT2D eigenvalue weighted by Crippen LogP contribution is -2.54. The Balaban J connectivity index is 1.98. The molecule has 10 heteroatoms. The predicted octanol–water partition coefficient (Wildman–Crippen LogP) is 1.57. The van der Waals surface area contributed by atoms with Crippen LogP contribution < -0.4 is 24.8 Å². The molecule has 1 N–H and O–H groups in total. The van der Waals surface area contributed by atoms with Crippen LogP contribution in [0.2, 0.25) is 0 Å². The number of amides is 2. The SMILES string of the molecule is CCOc1cc(/C=C2\C(=O)NC(=S)N(c3ccccc3F)C2=O)ccc1O[C@@H](C)C(=O)[O-]. The molecule has 8 nitrogen and oxygen atoms in total. The van der Waals surface area contributed by atoms with Crippen molar-refractivity contribution in [2.24, 2.45) is 0 Å². The fraction of sp³-hybridized carbons (Fsp3) is 0.182. The molecule has 1 fully saturated rings. The third-order valence-electron chi connectivity index (χ3n) is 4.41. The van der Waals surface area contributed by atoms with Gasteiger partial charge in [-0.15, -0.1) is 0 Å². The number of nitrogens with one attached hydrogen (secondary N) is 1. The molecule has 1 heterocycles. The summed E-state index contributed by atoms with van der Waals surface area (Å²) < 4.78 is 25.1. The van der Waals surface area contributed by atoms with Crippen molar-refractivity contribution in [2.45, 2.75) is 20.0 Å². The number of anilines is 1. The van der Waals surface area contributed by atoms with Crippen LogP contribution in [-0.2, 0) is 14.4 Å². The monoisotopic (exact) mass is 457 g/mol. The predicted molar refractivity (Wildman–Crippen MR) is 115 cm³/mol. The number of carboxylic acids is 1. The quantitative estimate of drug-likeness (QED) is 0.382. The van der Waals surface area contributed by atoms with Gasteiger partial charge in [-0.1, -0.05) is 18.2 Å². The summed E-state index contributed by atoms with van der Waals surface area (Å²) >= 11 is 5.06. The lowest BCUT2D eigenvalue weighted by molar-refractivity contribution is -0.312. The van der Waals surface area contributed by atoms with Crippen LogP contribution in [0.25, 0.3) is 6.08 Å². The van der Waals surface area contributed by atoms with E-state index in [-0.39, 0.29) is 34.5 Å². The zero-order valence-electron chi connectivity index (χ0n) is 17.1. The van der Waals surface area contributed by atoms with E-state index in [1.165, 1.54) is 55.5 Å². The van der Waals surface area contributed by atoms with Crippen molar-refractivity contribution >= 4 is 46.9 Å². The Kier molecular flexibility index (Phi) is 6.84. The van der Waals surface area contributed by atoms with E-state index in [4.69, 9.17) is 21.7 Å². The molecule has 2 amide bonds. The lowest BCUT2D eigenvalue weighted by Gasteiger charge is -2.29. The fourth-order valence-electron chi connectivity index (χ4n) is 2.89. The van der Waals surface area contributed by atoms with Gasteiger partial charge < -0.3 is 19.4 Å². The summed E-state index contributed by atoms with van der Waals surface area (Å²) in [6.07, 6.45) is 0.0707. The number of ether oxygens (including phenoxy) is 2. The Morgan fingerprint density at radius 1 is 1.25 bits per heavy atom. The Morgan fingerprint density at radius 3 is 2.62 bits per heavy atom. The van der Waals surface area contributed by atoms with Crippen molar-refractivity contribution < 1.29 is 33.4 Å². The third kappa shape index (κ3) is 4.75. The molecule has 0 bridgehead atoms. The molecule has 2 aromatic carbocycles. The van der Waals surface area contributed by atoms with Gasteiger partial charge in [-0.3, -0.25) is 14.9 Å². The number of hydrogen-bond donors (Lipinski definition) is 1. The van der Waals surface area contributed by atoms with Gasteiger partial charge in [0.15, 0.2) is 16.6 Å². The summed E-state index contributed by atoms with van der Waals surface area (Å²) in [4.78, 5) is 37.3. The number of rotatable bonds is 7. The van der Waals surface area contributed by atoms with Crippen LogP contribution in [-0.4, -0.2) is 35.6 Å². The summed E-state index contributed by atoms with van der Waals surface area (Å²) in [5, 5.41) is 13.1. The molecule has 32 heavy (non-hydrogen) atoms. The second-order valence-corrected chi connectivity index (χ2v) is 7.01. The van der Waals surface area contributed by atoms with E-state index in [1.54, 1.807) is 6.92 Å². The van der Waals surface area contributed by atoms with E-state index in [0.717, 1.165) is 4.90 Å². The van der Waals surface area contributed by atoms with Gasteiger partial charge >= 0.3 is 0 Å². The summed E-state index contributed by atoms with van der Waals surface area (Å²) in [6, 6.07) is 9.97. The van der Waals surface area contributed by atoms with Gasteiger partial charge in [0, 0.05) is 0 Å². The minimum Gasteiger partial charge on any atom is -0.546 e. The zero-order valence-corrected chi connectivity index (χ0v) is 17.9. The van der Waals surface area contributed by atoms with Crippen LogP contribution in [0, 0.1) is 5.82 Å².